The van der Waals surface area contributed by atoms with Gasteiger partial charge in [0.25, 0.3) is 0 Å². The molecule has 6 heteroatoms. The molecule has 0 atom stereocenters. The minimum absolute atomic E-state index is 0.482. The summed E-state index contributed by atoms with van der Waals surface area (Å²) in [6, 6.07) is 3.90. The third kappa shape index (κ3) is 2.53. The van der Waals surface area contributed by atoms with Crippen LogP contribution in [0.4, 0.5) is 0 Å². The summed E-state index contributed by atoms with van der Waals surface area (Å²) in [7, 11) is 4.95. The van der Waals surface area contributed by atoms with Crippen molar-refractivity contribution in [1.82, 2.24) is 9.61 Å². The zero-order valence-corrected chi connectivity index (χ0v) is 14.7. The van der Waals surface area contributed by atoms with Crippen LogP contribution >= 0.6 is 0 Å². The Kier molecular flexibility index (Phi) is 4.49. The Hall–Kier alpha value is -2.47. The lowest BCUT2D eigenvalue weighted by Gasteiger charge is -2.15. The van der Waals surface area contributed by atoms with Crippen molar-refractivity contribution in [3.05, 3.63) is 35.3 Å². The first kappa shape index (κ1) is 16.4. The van der Waals surface area contributed by atoms with Crippen molar-refractivity contribution >= 4 is 5.71 Å². The molecule has 3 aromatic rings. The molecular weight excluding hydrogens is 308 g/mol. The minimum Gasteiger partial charge on any atom is -0.496 e. The normalized spacial score (nSPS) is 11.2. The Balaban J connectivity index is 2.29. The Morgan fingerprint density at radius 2 is 1.75 bits per heavy atom. The maximum absolute atomic E-state index is 5.79. The van der Waals surface area contributed by atoms with Crippen LogP contribution in [0.25, 0.3) is 16.8 Å². The molecular formula is C18H22N2O4. The van der Waals surface area contributed by atoms with Gasteiger partial charge in [0.15, 0.2) is 0 Å². The fourth-order valence-corrected chi connectivity index (χ4v) is 2.97. The maximum Gasteiger partial charge on any atom is 0.230 e. The summed E-state index contributed by atoms with van der Waals surface area (Å²) < 4.78 is 24.1. The number of oxazole rings is 1. The second-order valence-electron chi connectivity index (χ2n) is 5.57. The van der Waals surface area contributed by atoms with Crippen molar-refractivity contribution in [2.45, 2.75) is 26.9 Å². The third-order valence-corrected chi connectivity index (χ3v) is 4.09. The van der Waals surface area contributed by atoms with Gasteiger partial charge in [0.1, 0.15) is 17.8 Å². The van der Waals surface area contributed by atoms with Gasteiger partial charge in [-0.05, 0) is 31.0 Å². The third-order valence-electron chi connectivity index (χ3n) is 4.09. The van der Waals surface area contributed by atoms with E-state index >= 15 is 0 Å². The van der Waals surface area contributed by atoms with Crippen LogP contribution < -0.4 is 9.47 Å². The summed E-state index contributed by atoms with van der Waals surface area (Å²) in [4.78, 5) is 0. The van der Waals surface area contributed by atoms with Gasteiger partial charge in [0, 0.05) is 7.11 Å². The van der Waals surface area contributed by atoms with Crippen LogP contribution in [0.3, 0.4) is 0 Å². The molecule has 0 aliphatic rings. The number of fused-ring (bicyclic) bond motifs is 1. The summed E-state index contributed by atoms with van der Waals surface area (Å²) in [5.41, 5.74) is 5.27. The molecule has 2 heterocycles. The molecule has 128 valence electrons. The second-order valence-corrected chi connectivity index (χ2v) is 5.57. The Morgan fingerprint density at radius 1 is 1.08 bits per heavy atom. The van der Waals surface area contributed by atoms with Crippen molar-refractivity contribution in [1.29, 1.82) is 0 Å². The monoisotopic (exact) mass is 330 g/mol. The van der Waals surface area contributed by atoms with Crippen molar-refractivity contribution in [3.8, 4) is 22.6 Å². The topological polar surface area (TPSA) is 58.1 Å². The Labute approximate surface area is 140 Å². The molecule has 0 saturated carbocycles. The van der Waals surface area contributed by atoms with Gasteiger partial charge in [-0.25, -0.2) is 4.52 Å². The van der Waals surface area contributed by atoms with Crippen LogP contribution in [0.2, 0.25) is 0 Å². The number of benzene rings is 1. The summed E-state index contributed by atoms with van der Waals surface area (Å²) >= 11 is 0. The molecule has 3 rings (SSSR count). The molecule has 0 unspecified atom stereocenters. The van der Waals surface area contributed by atoms with Crippen molar-refractivity contribution in [3.63, 3.8) is 0 Å². The van der Waals surface area contributed by atoms with Gasteiger partial charge in [0.05, 0.1) is 43.3 Å². The largest absolute Gasteiger partial charge is 0.496 e. The van der Waals surface area contributed by atoms with Crippen molar-refractivity contribution in [2.75, 3.05) is 21.3 Å². The van der Waals surface area contributed by atoms with E-state index in [0.29, 0.717) is 23.8 Å². The second kappa shape index (κ2) is 6.57. The first-order valence-corrected chi connectivity index (χ1v) is 7.84. The van der Waals surface area contributed by atoms with Gasteiger partial charge in [-0.2, -0.15) is 5.10 Å². The molecule has 0 saturated heterocycles. The molecule has 24 heavy (non-hydrogen) atoms. The number of aromatic nitrogens is 2. The van der Waals surface area contributed by atoms with Crippen LogP contribution in [0, 0.1) is 6.92 Å². The van der Waals surface area contributed by atoms with Gasteiger partial charge < -0.3 is 18.6 Å². The highest BCUT2D eigenvalue weighted by atomic mass is 16.5. The molecule has 0 N–H and O–H groups in total. The van der Waals surface area contributed by atoms with E-state index in [2.05, 4.69) is 12.0 Å². The fraction of sp³-hybridized carbons (Fsp3) is 0.389. The Morgan fingerprint density at radius 3 is 2.29 bits per heavy atom. The summed E-state index contributed by atoms with van der Waals surface area (Å²) in [6.07, 6.45) is 2.58. The smallest absolute Gasteiger partial charge is 0.230 e. The van der Waals surface area contributed by atoms with Crippen molar-refractivity contribution < 1.29 is 18.6 Å². The molecule has 6 nitrogen and oxygen atoms in total. The average molecular weight is 330 g/mol. The van der Waals surface area contributed by atoms with E-state index in [1.807, 2.05) is 23.6 Å². The molecule has 0 amide bonds. The minimum atomic E-state index is 0.482. The molecule has 0 aliphatic carbocycles. The lowest BCUT2D eigenvalue weighted by Crippen LogP contribution is -1.97. The highest BCUT2D eigenvalue weighted by molar-refractivity contribution is 5.87. The summed E-state index contributed by atoms with van der Waals surface area (Å²) in [5.74, 6) is 1.41. The van der Waals surface area contributed by atoms with E-state index in [4.69, 9.17) is 18.6 Å². The standard InChI is InChI=1S/C18H22N2O4/c1-6-13-10-24-18-16(11(2)19-20(13)18)17-14(22-4)7-12(9-21-3)8-15(17)23-5/h7-8,10H,6,9H2,1-5H3. The maximum atomic E-state index is 5.79. The van der Waals surface area contributed by atoms with E-state index in [1.165, 1.54) is 0 Å². The van der Waals surface area contributed by atoms with Crippen LogP contribution in [0.5, 0.6) is 11.5 Å². The zero-order valence-electron chi connectivity index (χ0n) is 14.7. The highest BCUT2D eigenvalue weighted by Gasteiger charge is 2.24. The quantitative estimate of drug-likeness (QED) is 0.691. The predicted octanol–water partition coefficient (Wildman–Crippen LogP) is 3.63. The summed E-state index contributed by atoms with van der Waals surface area (Å²) in [6.45, 7) is 4.51. The van der Waals surface area contributed by atoms with Crippen LogP contribution in [0.15, 0.2) is 22.8 Å². The van der Waals surface area contributed by atoms with Crippen LogP contribution in [-0.4, -0.2) is 30.9 Å². The first-order chi connectivity index (χ1) is 11.6. The zero-order chi connectivity index (χ0) is 17.3. The highest BCUT2D eigenvalue weighted by Crippen LogP contribution is 2.43. The molecule has 0 fully saturated rings. The summed E-state index contributed by atoms with van der Waals surface area (Å²) in [5, 5.41) is 4.62. The van der Waals surface area contributed by atoms with Gasteiger partial charge in [0.2, 0.25) is 5.71 Å². The lowest BCUT2D eigenvalue weighted by atomic mass is 10.0. The van der Waals surface area contributed by atoms with Gasteiger partial charge in [-0.15, -0.1) is 0 Å². The molecule has 0 aliphatic heterocycles. The van der Waals surface area contributed by atoms with Crippen molar-refractivity contribution in [2.24, 2.45) is 0 Å². The number of methoxy groups -OCH3 is 3. The molecule has 0 radical (unpaired) electrons. The Bertz CT molecular complexity index is 838. The predicted molar refractivity (Wildman–Crippen MR) is 90.8 cm³/mol. The molecule has 1 aromatic carbocycles. The fourth-order valence-electron chi connectivity index (χ4n) is 2.97. The molecule has 0 spiro atoms. The number of ether oxygens (including phenoxy) is 3. The van der Waals surface area contributed by atoms with Crippen LogP contribution in [0.1, 0.15) is 23.9 Å². The SMILES string of the molecule is CCc1coc2c(-c3c(OC)cc(COC)cc3OC)c(C)nn12. The van der Waals surface area contributed by atoms with Gasteiger partial charge >= 0.3 is 0 Å². The van der Waals surface area contributed by atoms with E-state index in [1.54, 1.807) is 27.6 Å². The van der Waals surface area contributed by atoms with E-state index in [9.17, 15) is 0 Å². The van der Waals surface area contributed by atoms with E-state index in [-0.39, 0.29) is 0 Å². The number of aryl methyl sites for hydroxylation is 2. The van der Waals surface area contributed by atoms with Crippen LogP contribution in [-0.2, 0) is 17.8 Å². The molecule has 2 aromatic heterocycles. The van der Waals surface area contributed by atoms with Gasteiger partial charge in [-0.3, -0.25) is 0 Å². The lowest BCUT2D eigenvalue weighted by molar-refractivity contribution is 0.184. The molecule has 0 bridgehead atoms. The van der Waals surface area contributed by atoms with E-state index in [0.717, 1.165) is 34.5 Å². The van der Waals surface area contributed by atoms with E-state index < -0.39 is 0 Å². The number of nitrogens with zero attached hydrogens (tertiary/aromatic N) is 2. The number of hydrogen-bond donors (Lipinski definition) is 0. The van der Waals surface area contributed by atoms with Gasteiger partial charge in [-0.1, -0.05) is 6.92 Å². The first-order valence-electron chi connectivity index (χ1n) is 7.84. The number of rotatable bonds is 6. The number of hydrogen-bond acceptors (Lipinski definition) is 5. The average Bonchev–Trinajstić information content (AvgIpc) is 3.12.